The highest BCUT2D eigenvalue weighted by atomic mass is 79.9. The van der Waals surface area contributed by atoms with Gasteiger partial charge in [-0.2, -0.15) is 39.5 Å². The fourth-order valence-electron chi connectivity index (χ4n) is 3.53. The summed E-state index contributed by atoms with van der Waals surface area (Å²) in [5.41, 5.74) is -4.32. The topological polar surface area (TPSA) is 63.2 Å². The van der Waals surface area contributed by atoms with Crippen molar-refractivity contribution in [1.29, 1.82) is 0 Å². The second-order valence-corrected chi connectivity index (χ2v) is 12.5. The molecule has 0 aliphatic rings. The van der Waals surface area contributed by atoms with E-state index in [2.05, 4.69) is 31.9 Å². The molecule has 222 valence electrons. The molecule has 0 aliphatic heterocycles. The first-order chi connectivity index (χ1) is 18.0. The lowest BCUT2D eigenvalue weighted by Crippen LogP contribution is -2.40. The van der Waals surface area contributed by atoms with Crippen LogP contribution in [0.25, 0.3) is 5.83 Å². The minimum atomic E-state index is -5.33. The first-order valence-corrected chi connectivity index (χ1v) is 14.1. The van der Waals surface area contributed by atoms with Crippen LogP contribution in [0.5, 0.6) is 0 Å². The fourth-order valence-corrected chi connectivity index (χ4v) is 6.33. The smallest absolute Gasteiger partial charge is 0.349 e. The van der Waals surface area contributed by atoms with Crippen molar-refractivity contribution in [2.45, 2.75) is 37.4 Å². The van der Waals surface area contributed by atoms with Gasteiger partial charge in [0.15, 0.2) is 9.84 Å². The molecule has 2 rings (SSSR count). The number of halogens is 12. The number of alkyl halides is 9. The second-order valence-electron chi connectivity index (χ2n) is 8.54. The molecule has 0 spiro atoms. The van der Waals surface area contributed by atoms with Crippen LogP contribution in [-0.2, 0) is 16.0 Å². The van der Waals surface area contributed by atoms with Crippen LogP contribution in [0.1, 0.15) is 39.9 Å². The molecule has 0 saturated carbocycles. The number of hydrogen-bond donors (Lipinski definition) is 1. The second kappa shape index (κ2) is 12.4. The van der Waals surface area contributed by atoms with Gasteiger partial charge in [-0.3, -0.25) is 4.79 Å². The highest BCUT2D eigenvalue weighted by Gasteiger charge is 2.41. The Kier molecular flexibility index (Phi) is 10.5. The summed E-state index contributed by atoms with van der Waals surface area (Å²) < 4.78 is 158. The van der Waals surface area contributed by atoms with E-state index in [1.54, 1.807) is 0 Å². The van der Waals surface area contributed by atoms with Crippen LogP contribution in [0, 0.1) is 0 Å². The van der Waals surface area contributed by atoms with Gasteiger partial charge in [-0.15, -0.1) is 0 Å². The summed E-state index contributed by atoms with van der Waals surface area (Å²) in [6.45, 7) is 0.938. The van der Waals surface area contributed by atoms with Gasteiger partial charge >= 0.3 is 18.5 Å². The molecule has 2 aromatic rings. The van der Waals surface area contributed by atoms with Crippen LogP contribution in [0.4, 0.5) is 43.9 Å². The number of carbonyl (C=O) groups is 1. The zero-order chi connectivity index (χ0) is 30.8. The molecule has 0 aliphatic carbocycles. The van der Waals surface area contributed by atoms with Crippen molar-refractivity contribution in [3.8, 4) is 0 Å². The number of carbonyl (C=O) groups excluding carboxylic acids is 1. The Balaban J connectivity index is 2.44. The summed E-state index contributed by atoms with van der Waals surface area (Å²) in [6.07, 6.45) is -15.4. The minimum Gasteiger partial charge on any atom is -0.349 e. The number of sulfone groups is 1. The van der Waals surface area contributed by atoms with E-state index in [-0.39, 0.29) is 21.1 Å². The van der Waals surface area contributed by atoms with Gasteiger partial charge in [0.05, 0.1) is 16.9 Å². The predicted octanol–water partition coefficient (Wildman–Crippen LogP) is 7.98. The summed E-state index contributed by atoms with van der Waals surface area (Å²) in [5, 5.41) is 1.83. The summed E-state index contributed by atoms with van der Waals surface area (Å²) in [4.78, 5) is 12.4. The molecule has 1 N–H and O–H groups in total. The Bertz CT molecular complexity index is 1370. The molecule has 2 aromatic carbocycles. The molecule has 1 amide bonds. The van der Waals surface area contributed by atoms with Gasteiger partial charge in [0.1, 0.15) is 17.5 Å². The van der Waals surface area contributed by atoms with Crippen molar-refractivity contribution < 1.29 is 57.1 Å². The van der Waals surface area contributed by atoms with E-state index in [1.165, 1.54) is 6.07 Å². The van der Waals surface area contributed by atoms with E-state index >= 15 is 0 Å². The molecular weight excluding hydrogens is 720 g/mol. The molecule has 2 atom stereocenters. The lowest BCUT2D eigenvalue weighted by molar-refractivity contribution is -0.140. The van der Waals surface area contributed by atoms with Crippen molar-refractivity contribution in [3.63, 3.8) is 0 Å². The van der Waals surface area contributed by atoms with E-state index in [1.807, 2.05) is 5.32 Å². The lowest BCUT2D eigenvalue weighted by Gasteiger charge is -2.19. The summed E-state index contributed by atoms with van der Waals surface area (Å²) in [6, 6.07) is 3.07. The maximum atomic E-state index is 14.9. The highest BCUT2D eigenvalue weighted by molar-refractivity contribution is 9.11. The predicted molar refractivity (Wildman–Crippen MR) is 133 cm³/mol. The van der Waals surface area contributed by atoms with Crippen LogP contribution in [0.15, 0.2) is 51.4 Å². The average Bonchev–Trinajstić information content (AvgIpc) is 2.72. The largest absolute Gasteiger partial charge is 0.417 e. The third kappa shape index (κ3) is 10.0. The molecule has 0 aromatic heterocycles. The Morgan fingerprint density at radius 3 is 1.98 bits per heavy atom. The maximum absolute atomic E-state index is 14.9. The molecule has 0 radical (unpaired) electrons. The Labute approximate surface area is 238 Å². The lowest BCUT2D eigenvalue weighted by atomic mass is 9.95. The molecular formula is C23H17Br2F10NO3S. The molecule has 0 bridgehead atoms. The number of amides is 1. The third-order valence-corrected chi connectivity index (χ3v) is 7.71. The van der Waals surface area contributed by atoms with Gasteiger partial charge in [0.25, 0.3) is 5.91 Å². The average molecular weight is 737 g/mol. The monoisotopic (exact) mass is 735 g/mol. The van der Waals surface area contributed by atoms with E-state index in [0.717, 1.165) is 19.1 Å². The van der Waals surface area contributed by atoms with Crippen LogP contribution in [-0.4, -0.2) is 44.2 Å². The molecule has 0 saturated heterocycles. The molecule has 40 heavy (non-hydrogen) atoms. The van der Waals surface area contributed by atoms with E-state index in [9.17, 15) is 57.1 Å². The quantitative estimate of drug-likeness (QED) is 0.280. The van der Waals surface area contributed by atoms with Crippen molar-refractivity contribution in [3.05, 3.63) is 73.7 Å². The van der Waals surface area contributed by atoms with Gasteiger partial charge in [-0.1, -0.05) is 37.9 Å². The highest BCUT2D eigenvalue weighted by Crippen LogP contribution is 2.41. The molecule has 4 nitrogen and oxygen atoms in total. The number of allylic oxidation sites excluding steroid dienone is 1. The fraction of sp³-hybridized carbons (Fsp3) is 0.348. The Morgan fingerprint density at radius 2 is 1.50 bits per heavy atom. The summed E-state index contributed by atoms with van der Waals surface area (Å²) in [7, 11) is -4.79. The third-order valence-electron chi connectivity index (χ3n) is 5.02. The number of benzene rings is 2. The molecule has 0 fully saturated rings. The SMILES string of the molecule is C[C@H](CS(=O)(=O)CC(F)(F)F)NC(=O)c1ccc(/C(F)=C/C(c2cc(Br)cc(Br)c2)C(F)(F)F)cc1C(F)(F)F. The first kappa shape index (κ1) is 34.1. The van der Waals surface area contributed by atoms with Crippen LogP contribution in [0.2, 0.25) is 0 Å². The minimum absolute atomic E-state index is 0.0665. The van der Waals surface area contributed by atoms with Crippen molar-refractivity contribution in [1.82, 2.24) is 5.32 Å². The van der Waals surface area contributed by atoms with Crippen molar-refractivity contribution in [2.24, 2.45) is 0 Å². The van der Waals surface area contributed by atoms with Crippen LogP contribution in [0.3, 0.4) is 0 Å². The van der Waals surface area contributed by atoms with E-state index < -0.39 is 85.8 Å². The molecule has 1 unspecified atom stereocenters. The normalized spacial score (nSPS) is 15.1. The molecule has 17 heteroatoms. The summed E-state index contributed by atoms with van der Waals surface area (Å²) in [5.74, 6) is -9.28. The van der Waals surface area contributed by atoms with Gasteiger partial charge in [0.2, 0.25) is 0 Å². The maximum Gasteiger partial charge on any atom is 0.417 e. The number of nitrogens with one attached hydrogen (secondary N) is 1. The zero-order valence-electron chi connectivity index (χ0n) is 19.8. The molecule has 0 heterocycles. The van der Waals surface area contributed by atoms with Gasteiger partial charge in [-0.25, -0.2) is 12.8 Å². The van der Waals surface area contributed by atoms with Gasteiger partial charge in [0, 0.05) is 20.6 Å². The summed E-state index contributed by atoms with van der Waals surface area (Å²) >= 11 is 6.00. The van der Waals surface area contributed by atoms with Gasteiger partial charge < -0.3 is 5.32 Å². The van der Waals surface area contributed by atoms with Crippen LogP contribution >= 0.6 is 31.9 Å². The number of hydrogen-bond acceptors (Lipinski definition) is 3. The van der Waals surface area contributed by atoms with E-state index in [0.29, 0.717) is 12.1 Å². The van der Waals surface area contributed by atoms with Crippen LogP contribution < -0.4 is 5.32 Å². The zero-order valence-corrected chi connectivity index (χ0v) is 23.8. The van der Waals surface area contributed by atoms with Crippen molar-refractivity contribution >= 4 is 53.4 Å². The Hall–Kier alpha value is -2.14. The van der Waals surface area contributed by atoms with Gasteiger partial charge in [-0.05, 0) is 48.9 Å². The van der Waals surface area contributed by atoms with Crippen molar-refractivity contribution in [2.75, 3.05) is 11.5 Å². The first-order valence-electron chi connectivity index (χ1n) is 10.7. The van der Waals surface area contributed by atoms with E-state index in [4.69, 9.17) is 0 Å². The standard InChI is InChI=1S/C23H17Br2F10NO3S/c1-11(9-40(38,39)10-21(27,28)29)36-20(37)16-3-2-12(6-18(16)23(33,34)35)19(26)8-17(22(30,31)32)13-4-14(24)7-15(25)5-13/h2-8,11,17H,9-10H2,1H3,(H,36,37)/b19-8-/t11-,17?/m1/s1. The Morgan fingerprint density at radius 1 is 0.950 bits per heavy atom. The number of rotatable bonds is 8.